The Balaban J connectivity index is 2.38. The average Bonchev–Trinajstić information content (AvgIpc) is 2.09. The van der Waals surface area contributed by atoms with Crippen LogP contribution in [0.1, 0.15) is 24.3 Å². The molecule has 1 aliphatic carbocycles. The molecule has 68 valence electrons. The molecule has 0 N–H and O–H groups in total. The lowest BCUT2D eigenvalue weighted by molar-refractivity contribution is -0.125. The van der Waals surface area contributed by atoms with Crippen LogP contribution in [0.4, 0.5) is 4.39 Å². The van der Waals surface area contributed by atoms with Crippen molar-refractivity contribution >= 4 is 21.7 Å². The zero-order valence-electron chi connectivity index (χ0n) is 6.89. The number of hydrogen-bond donors (Lipinski definition) is 0. The van der Waals surface area contributed by atoms with Gasteiger partial charge in [-0.15, -0.1) is 0 Å². The lowest BCUT2D eigenvalue weighted by atomic mass is 9.78. The van der Waals surface area contributed by atoms with Gasteiger partial charge in [0, 0.05) is 16.8 Å². The first-order valence-electron chi connectivity index (χ1n) is 4.16. The molecular weight excluding hydrogens is 235 g/mol. The van der Waals surface area contributed by atoms with Crippen LogP contribution in [0.5, 0.6) is 0 Å². The van der Waals surface area contributed by atoms with Crippen molar-refractivity contribution in [2.45, 2.75) is 18.8 Å². The number of rotatable bonds is 1. The molecule has 13 heavy (non-hydrogen) atoms. The monoisotopic (exact) mass is 242 g/mol. The van der Waals surface area contributed by atoms with Crippen LogP contribution in [-0.2, 0) is 4.79 Å². The molecule has 1 aliphatic rings. The van der Waals surface area contributed by atoms with Crippen LogP contribution in [-0.4, -0.2) is 5.78 Å². The van der Waals surface area contributed by atoms with E-state index in [1.54, 1.807) is 12.1 Å². The van der Waals surface area contributed by atoms with Crippen molar-refractivity contribution in [1.82, 2.24) is 0 Å². The third-order valence-corrected chi connectivity index (χ3v) is 2.89. The van der Waals surface area contributed by atoms with E-state index in [-0.39, 0.29) is 17.5 Å². The van der Waals surface area contributed by atoms with Gasteiger partial charge in [-0.25, -0.2) is 4.39 Å². The van der Waals surface area contributed by atoms with E-state index in [1.165, 1.54) is 6.07 Å². The summed E-state index contributed by atoms with van der Waals surface area (Å²) in [6.07, 6.45) is 1.38. The van der Waals surface area contributed by atoms with Crippen LogP contribution >= 0.6 is 15.9 Å². The van der Waals surface area contributed by atoms with Gasteiger partial charge in [0.05, 0.1) is 0 Å². The Morgan fingerprint density at radius 3 is 2.77 bits per heavy atom. The van der Waals surface area contributed by atoms with E-state index >= 15 is 0 Å². The molecule has 0 aliphatic heterocycles. The molecule has 0 bridgehead atoms. The van der Waals surface area contributed by atoms with E-state index in [1.807, 2.05) is 0 Å². The van der Waals surface area contributed by atoms with Gasteiger partial charge in [0.25, 0.3) is 0 Å². The highest BCUT2D eigenvalue weighted by molar-refractivity contribution is 9.10. The minimum absolute atomic E-state index is 0.150. The van der Waals surface area contributed by atoms with Gasteiger partial charge in [-0.3, -0.25) is 4.79 Å². The minimum Gasteiger partial charge on any atom is -0.299 e. The number of Topliss-reactive ketones (excluding diaryl/α,β-unsaturated/α-hetero) is 1. The van der Waals surface area contributed by atoms with Gasteiger partial charge in [0.1, 0.15) is 11.6 Å². The van der Waals surface area contributed by atoms with Crippen molar-refractivity contribution in [3.8, 4) is 0 Å². The van der Waals surface area contributed by atoms with Crippen molar-refractivity contribution < 1.29 is 9.18 Å². The Morgan fingerprint density at radius 1 is 1.46 bits per heavy atom. The Hall–Kier alpha value is -0.700. The van der Waals surface area contributed by atoms with Gasteiger partial charge in [0.15, 0.2) is 0 Å². The summed E-state index contributed by atoms with van der Waals surface area (Å²) in [5.74, 6) is -0.323. The number of carbonyl (C=O) groups is 1. The molecular formula is C10H8BrFO. The Labute approximate surface area is 84.1 Å². The number of benzene rings is 1. The fourth-order valence-corrected chi connectivity index (χ4v) is 1.90. The minimum atomic E-state index is -0.277. The molecule has 1 nitrogen and oxygen atoms in total. The maximum Gasteiger partial charge on any atom is 0.140 e. The molecule has 2 rings (SSSR count). The first-order valence-corrected chi connectivity index (χ1v) is 4.95. The fourth-order valence-electron chi connectivity index (χ4n) is 1.52. The molecule has 0 heterocycles. The van der Waals surface area contributed by atoms with E-state index in [9.17, 15) is 9.18 Å². The lowest BCUT2D eigenvalue weighted by Gasteiger charge is -2.24. The zero-order chi connectivity index (χ0) is 9.42. The first-order chi connectivity index (χ1) is 6.18. The Morgan fingerprint density at radius 2 is 2.23 bits per heavy atom. The van der Waals surface area contributed by atoms with Gasteiger partial charge in [-0.1, -0.05) is 15.9 Å². The predicted octanol–water partition coefficient (Wildman–Crippen LogP) is 3.03. The van der Waals surface area contributed by atoms with Crippen molar-refractivity contribution in [2.24, 2.45) is 0 Å². The smallest absolute Gasteiger partial charge is 0.140 e. The molecule has 3 heteroatoms. The molecule has 0 spiro atoms. The van der Waals surface area contributed by atoms with Gasteiger partial charge in [-0.2, -0.15) is 0 Å². The van der Waals surface area contributed by atoms with Crippen LogP contribution in [0.2, 0.25) is 0 Å². The fraction of sp³-hybridized carbons (Fsp3) is 0.300. The summed E-state index contributed by atoms with van der Waals surface area (Å²) in [7, 11) is 0. The average molecular weight is 243 g/mol. The SMILES string of the molecule is O=C1CCC1c1cc(Br)ccc1F. The Kier molecular flexibility index (Phi) is 2.20. The quantitative estimate of drug-likeness (QED) is 0.740. The molecule has 0 amide bonds. The third kappa shape index (κ3) is 1.53. The number of hydrogen-bond acceptors (Lipinski definition) is 1. The number of ketones is 1. The van der Waals surface area contributed by atoms with Crippen LogP contribution < -0.4 is 0 Å². The van der Waals surface area contributed by atoms with E-state index in [0.717, 1.165) is 10.9 Å². The maximum atomic E-state index is 13.2. The topological polar surface area (TPSA) is 17.1 Å². The maximum absolute atomic E-state index is 13.2. The van der Waals surface area contributed by atoms with Crippen molar-refractivity contribution in [2.75, 3.05) is 0 Å². The van der Waals surface area contributed by atoms with Crippen molar-refractivity contribution in [3.05, 3.63) is 34.1 Å². The summed E-state index contributed by atoms with van der Waals surface area (Å²) in [6, 6.07) is 4.73. The summed E-state index contributed by atoms with van der Waals surface area (Å²) >= 11 is 3.26. The second-order valence-corrected chi connectivity index (χ2v) is 4.14. The third-order valence-electron chi connectivity index (χ3n) is 2.40. The Bertz CT molecular complexity index is 362. The lowest BCUT2D eigenvalue weighted by Crippen LogP contribution is -2.24. The van der Waals surface area contributed by atoms with Gasteiger partial charge < -0.3 is 0 Å². The highest BCUT2D eigenvalue weighted by Gasteiger charge is 2.31. The summed E-state index contributed by atoms with van der Waals surface area (Å²) in [5, 5.41) is 0. The highest BCUT2D eigenvalue weighted by Crippen LogP contribution is 2.35. The van der Waals surface area contributed by atoms with E-state index < -0.39 is 0 Å². The van der Waals surface area contributed by atoms with Crippen LogP contribution in [0.3, 0.4) is 0 Å². The molecule has 0 radical (unpaired) electrons. The second kappa shape index (κ2) is 3.22. The zero-order valence-corrected chi connectivity index (χ0v) is 8.47. The second-order valence-electron chi connectivity index (χ2n) is 3.22. The summed E-state index contributed by atoms with van der Waals surface area (Å²) in [4.78, 5) is 11.1. The summed E-state index contributed by atoms with van der Waals surface area (Å²) < 4.78 is 14.1. The van der Waals surface area contributed by atoms with Gasteiger partial charge in [0.2, 0.25) is 0 Å². The summed E-state index contributed by atoms with van der Waals surface area (Å²) in [6.45, 7) is 0. The van der Waals surface area contributed by atoms with Crippen LogP contribution in [0.25, 0.3) is 0 Å². The molecule has 1 aromatic rings. The standard InChI is InChI=1S/C10H8BrFO/c11-6-1-3-9(12)8(5-6)7-2-4-10(7)13/h1,3,5,7H,2,4H2. The van der Waals surface area contributed by atoms with Crippen molar-refractivity contribution in [1.29, 1.82) is 0 Å². The molecule has 0 saturated heterocycles. The largest absolute Gasteiger partial charge is 0.299 e. The molecule has 0 aromatic heterocycles. The number of carbonyl (C=O) groups excluding carboxylic acids is 1. The molecule has 1 aromatic carbocycles. The molecule has 1 fully saturated rings. The van der Waals surface area contributed by atoms with Crippen molar-refractivity contribution in [3.63, 3.8) is 0 Å². The van der Waals surface area contributed by atoms with Crippen LogP contribution in [0.15, 0.2) is 22.7 Å². The summed E-state index contributed by atoms with van der Waals surface area (Å²) in [5.41, 5.74) is 0.533. The van der Waals surface area contributed by atoms with Crippen LogP contribution in [0, 0.1) is 5.82 Å². The van der Waals surface area contributed by atoms with E-state index in [0.29, 0.717) is 12.0 Å². The van der Waals surface area contributed by atoms with Gasteiger partial charge in [-0.05, 0) is 30.2 Å². The van der Waals surface area contributed by atoms with E-state index in [2.05, 4.69) is 15.9 Å². The first kappa shape index (κ1) is 8.88. The highest BCUT2D eigenvalue weighted by atomic mass is 79.9. The molecule has 1 saturated carbocycles. The van der Waals surface area contributed by atoms with Gasteiger partial charge >= 0.3 is 0 Å². The van der Waals surface area contributed by atoms with E-state index in [4.69, 9.17) is 0 Å². The normalized spacial score (nSPS) is 21.4. The molecule has 1 unspecified atom stereocenters. The predicted molar refractivity (Wildman–Crippen MR) is 51.1 cm³/mol. The molecule has 1 atom stereocenters. The number of halogens is 2.